The number of ether oxygens (including phenoxy) is 2. The molecule has 7 heteroatoms. The first-order chi connectivity index (χ1) is 35.6. The molecule has 7 nitrogen and oxygen atoms in total. The van der Waals surface area contributed by atoms with Crippen LogP contribution in [0, 0.1) is 74.4 Å². The van der Waals surface area contributed by atoms with Crippen LogP contribution < -0.4 is 0 Å². The molecule has 0 aromatic heterocycles. The maximum Gasteiger partial charge on any atom is 0.331 e. The highest BCUT2D eigenvalue weighted by atomic mass is 16.5. The molecule has 8 saturated carbocycles. The number of rotatable bonds is 16. The number of carbonyl (C=O) groups is 2. The zero-order chi connectivity index (χ0) is 51.3. The summed E-state index contributed by atoms with van der Waals surface area (Å²) in [5, 5.41) is 40.8. The number of aryl methyl sites for hydroxylation is 1. The molecule has 4 bridgehead atoms. The van der Waals surface area contributed by atoms with Gasteiger partial charge in [-0.05, 0) is 226 Å². The van der Waals surface area contributed by atoms with E-state index in [2.05, 4.69) is 87.5 Å². The van der Waals surface area contributed by atoms with Crippen LogP contribution in [-0.4, -0.2) is 57.8 Å². The molecule has 1 heterocycles. The van der Waals surface area contributed by atoms with E-state index < -0.39 is 46.6 Å². The minimum Gasteiger partial charge on any atom is -0.462 e. The summed E-state index contributed by atoms with van der Waals surface area (Å²) in [6.07, 6.45) is 29.9. The van der Waals surface area contributed by atoms with Crippen LogP contribution >= 0.6 is 0 Å². The van der Waals surface area contributed by atoms with Crippen LogP contribution in [0.25, 0.3) is 0 Å². The maximum atomic E-state index is 14.1. The molecule has 1 aliphatic heterocycles. The fourth-order valence-electron chi connectivity index (χ4n) is 22.2. The highest BCUT2D eigenvalue weighted by Gasteiger charge is 2.77. The van der Waals surface area contributed by atoms with Crippen molar-refractivity contribution < 1.29 is 34.4 Å². The Kier molecular flexibility index (Phi) is 13.4. The highest BCUT2D eigenvalue weighted by Crippen LogP contribution is 2.82. The third kappa shape index (κ3) is 8.07. The highest BCUT2D eigenvalue weighted by molar-refractivity contribution is 5.85. The number of hydrogen-bond donors (Lipinski definition) is 3. The minimum absolute atomic E-state index is 0.206. The average Bonchev–Trinajstić information content (AvgIpc) is 4.30. The van der Waals surface area contributed by atoms with Gasteiger partial charge in [0.1, 0.15) is 12.7 Å². The lowest BCUT2D eigenvalue weighted by Gasteiger charge is -2.71. The van der Waals surface area contributed by atoms with Crippen molar-refractivity contribution in [2.45, 2.75) is 224 Å². The van der Waals surface area contributed by atoms with Crippen LogP contribution in [0.3, 0.4) is 0 Å². The van der Waals surface area contributed by atoms with Crippen LogP contribution in [0.5, 0.6) is 0 Å². The maximum absolute atomic E-state index is 14.1. The van der Waals surface area contributed by atoms with Gasteiger partial charge in [-0.2, -0.15) is 0 Å². The van der Waals surface area contributed by atoms with Crippen LogP contribution in [0.2, 0.25) is 0 Å². The van der Waals surface area contributed by atoms with E-state index >= 15 is 0 Å². The van der Waals surface area contributed by atoms with Gasteiger partial charge < -0.3 is 24.8 Å². The van der Waals surface area contributed by atoms with Gasteiger partial charge >= 0.3 is 11.9 Å². The Bertz CT molecular complexity index is 2460. The lowest BCUT2D eigenvalue weighted by Crippen LogP contribution is -2.77. The van der Waals surface area contributed by atoms with E-state index in [0.29, 0.717) is 54.3 Å². The molecule has 2 aromatic carbocycles. The molecular weight excluding hydrogens is 917 g/mol. The lowest BCUT2D eigenvalue weighted by atomic mass is 9.36. The second kappa shape index (κ2) is 19.3. The fourth-order valence-corrected chi connectivity index (χ4v) is 22.2. The van der Waals surface area contributed by atoms with Crippen molar-refractivity contribution >= 4 is 11.9 Å². The largest absolute Gasteiger partial charge is 0.462 e. The molecular formula is C67H92O7. The molecule has 2 aromatic rings. The molecule has 3 spiro atoms. The number of carbonyl (C=O) groups excluding carboxylic acids is 2. The first kappa shape index (κ1) is 51.5. The van der Waals surface area contributed by atoms with Crippen molar-refractivity contribution in [3.63, 3.8) is 0 Å². The molecule has 402 valence electrons. The minimum atomic E-state index is -1.51. The lowest BCUT2D eigenvalue weighted by molar-refractivity contribution is -0.329. The van der Waals surface area contributed by atoms with Gasteiger partial charge in [0, 0.05) is 18.9 Å². The van der Waals surface area contributed by atoms with Crippen molar-refractivity contribution in [2.75, 3.05) is 6.61 Å². The molecule has 0 radical (unpaired) electrons. The van der Waals surface area contributed by atoms with Gasteiger partial charge in [-0.15, -0.1) is 0 Å². The summed E-state index contributed by atoms with van der Waals surface area (Å²) in [5.74, 6) is 1.56. The SMILES string of the molecule is CC(=O)O[C@@H]1C[C@@H](C)[C@](O)(CCC2=CC(=O)OC2)[C@@]2([C@@H](O)CC[C@H](C)CCCc3ccccc3)[C@@H](O)CC[C@@](C)([C@@H]3CC[C@@]45C[C@@H](CC6(c7ccccc7)CCCC6)[C@]67CC[C@@]8(CCC[C@@H]8CC(=C[C@H]3C4)[C@H]56)C7)[C@H]12. The molecule has 0 saturated heterocycles. The molecule has 74 heavy (non-hydrogen) atoms. The van der Waals surface area contributed by atoms with E-state index in [-0.39, 0.29) is 41.7 Å². The summed E-state index contributed by atoms with van der Waals surface area (Å²) >= 11 is 0. The summed E-state index contributed by atoms with van der Waals surface area (Å²) in [5.41, 5.74) is 3.70. The molecule has 8 fully saturated rings. The Morgan fingerprint density at radius 3 is 2.38 bits per heavy atom. The normalized spacial score (nSPS) is 43.3. The standard InChI is InChI=1S/C67H92O7/c1-44(15-13-18-47-16-7-5-8-17-47)22-23-56(69)67-57(70)26-30-61(4,60(67)55(74-46(3)68)35-45(2)66(67,72)32-24-48-36-58(71)73-42-48)54-25-31-64-39-50(54)37-49-38-52-21-14-29-63(52)33-34-65(43-63,59(49)64)53(41-64)40-62(27-11-12-28-62)51-19-9-6-10-20-51/h5-10,16-17,19-20,36-37,44-45,50,52-57,59-60,69-70,72H,11-15,18,21-35,38-43H2,1-4H3/t44-,45-,50+,52-,53-,54-,55-,56+,57+,59-,60+,61+,63+,64+,65-,66-,67+/m1/s1. The summed E-state index contributed by atoms with van der Waals surface area (Å²) in [4.78, 5) is 26.0. The third-order valence-corrected chi connectivity index (χ3v) is 25.0. The van der Waals surface area contributed by atoms with Crippen molar-refractivity contribution in [1.82, 2.24) is 0 Å². The zero-order valence-corrected chi connectivity index (χ0v) is 45.8. The van der Waals surface area contributed by atoms with Crippen LogP contribution in [0.1, 0.15) is 199 Å². The van der Waals surface area contributed by atoms with Gasteiger partial charge in [0.2, 0.25) is 0 Å². The second-order valence-electron chi connectivity index (χ2n) is 28.2. The Hall–Kier alpha value is -3.26. The first-order valence-corrected chi connectivity index (χ1v) is 30.5. The van der Waals surface area contributed by atoms with Crippen molar-refractivity contribution in [2.24, 2.45) is 74.4 Å². The van der Waals surface area contributed by atoms with Gasteiger partial charge in [-0.3, -0.25) is 4.79 Å². The summed E-state index contributed by atoms with van der Waals surface area (Å²) in [6.45, 7) is 8.54. The smallest absolute Gasteiger partial charge is 0.331 e. The quantitative estimate of drug-likeness (QED) is 0.113. The summed E-state index contributed by atoms with van der Waals surface area (Å²) in [7, 11) is 0. The van der Waals surface area contributed by atoms with Crippen LogP contribution in [-0.2, 0) is 30.9 Å². The van der Waals surface area contributed by atoms with E-state index in [9.17, 15) is 24.9 Å². The van der Waals surface area contributed by atoms with Crippen LogP contribution in [0.4, 0.5) is 0 Å². The molecule has 12 rings (SSSR count). The van der Waals surface area contributed by atoms with Gasteiger partial charge in [-0.25, -0.2) is 4.79 Å². The number of esters is 2. The number of aliphatic hydroxyl groups is 3. The number of benzene rings is 2. The first-order valence-electron chi connectivity index (χ1n) is 30.5. The van der Waals surface area contributed by atoms with E-state index in [0.717, 1.165) is 55.9 Å². The third-order valence-electron chi connectivity index (χ3n) is 25.0. The molecule has 3 N–H and O–H groups in total. The fraction of sp³-hybridized carbons (Fsp3) is 0.731. The monoisotopic (exact) mass is 1010 g/mol. The average molecular weight is 1010 g/mol. The predicted molar refractivity (Wildman–Crippen MR) is 290 cm³/mol. The van der Waals surface area contributed by atoms with Crippen molar-refractivity contribution in [3.8, 4) is 0 Å². The molecule has 9 aliphatic carbocycles. The Labute approximate surface area is 444 Å². The topological polar surface area (TPSA) is 113 Å². The zero-order valence-electron chi connectivity index (χ0n) is 45.8. The summed E-state index contributed by atoms with van der Waals surface area (Å²) in [6, 6.07) is 22.4. The molecule has 0 amide bonds. The van der Waals surface area contributed by atoms with Crippen LogP contribution in [0.15, 0.2) is 84.0 Å². The Balaban J connectivity index is 0.920. The number of hydrogen-bond acceptors (Lipinski definition) is 7. The van der Waals surface area contributed by atoms with Gasteiger partial charge in [0.05, 0.1) is 23.2 Å². The van der Waals surface area contributed by atoms with E-state index in [1.165, 1.54) is 109 Å². The Morgan fingerprint density at radius 1 is 0.865 bits per heavy atom. The molecule has 0 unspecified atom stereocenters. The predicted octanol–water partition coefficient (Wildman–Crippen LogP) is 13.8. The van der Waals surface area contributed by atoms with Crippen molar-refractivity contribution in [3.05, 3.63) is 95.1 Å². The Morgan fingerprint density at radius 2 is 1.64 bits per heavy atom. The number of aliphatic hydroxyl groups excluding tert-OH is 2. The van der Waals surface area contributed by atoms with Gasteiger partial charge in [-0.1, -0.05) is 119 Å². The van der Waals surface area contributed by atoms with Gasteiger partial charge in [0.25, 0.3) is 0 Å². The van der Waals surface area contributed by atoms with Gasteiger partial charge in [0.15, 0.2) is 0 Å². The van der Waals surface area contributed by atoms with E-state index in [4.69, 9.17) is 9.47 Å². The molecule has 17 atom stereocenters. The number of allylic oxidation sites excluding steroid dienone is 2. The van der Waals surface area contributed by atoms with Crippen molar-refractivity contribution in [1.29, 1.82) is 0 Å². The second-order valence-corrected chi connectivity index (χ2v) is 28.2. The number of cyclic esters (lactones) is 1. The molecule has 10 aliphatic rings. The van der Waals surface area contributed by atoms with E-state index in [1.54, 1.807) is 11.6 Å². The van der Waals surface area contributed by atoms with E-state index in [1.807, 2.05) is 5.57 Å². The number of fused-ring (bicyclic) bond motifs is 2. The summed E-state index contributed by atoms with van der Waals surface area (Å²) < 4.78 is 12.0.